The Morgan fingerprint density at radius 3 is 2.54 bits per heavy atom. The molecule has 4 aromatic rings. The summed E-state index contributed by atoms with van der Waals surface area (Å²) in [6, 6.07) is 19.0. The van der Waals surface area contributed by atoms with Gasteiger partial charge in [0.25, 0.3) is 5.91 Å². The Morgan fingerprint density at radius 2 is 1.86 bits per heavy atom. The third-order valence-electron chi connectivity index (χ3n) is 6.44. The molecular weight excluding hydrogens is 464 g/mol. The zero-order valence-electron chi connectivity index (χ0n) is 21.6. The highest BCUT2D eigenvalue weighted by atomic mass is 16.5. The Hall–Kier alpha value is -4.46. The summed E-state index contributed by atoms with van der Waals surface area (Å²) in [5.41, 5.74) is 4.89. The van der Waals surface area contributed by atoms with Gasteiger partial charge in [0.1, 0.15) is 11.8 Å². The van der Waals surface area contributed by atoms with Gasteiger partial charge in [0.05, 0.1) is 24.6 Å². The van der Waals surface area contributed by atoms with Gasteiger partial charge >= 0.3 is 0 Å². The first kappa shape index (κ1) is 24.2. The van der Waals surface area contributed by atoms with Crippen LogP contribution in [0.4, 0.5) is 11.6 Å². The van der Waals surface area contributed by atoms with E-state index in [-0.39, 0.29) is 11.3 Å². The van der Waals surface area contributed by atoms with E-state index in [0.29, 0.717) is 34.5 Å². The van der Waals surface area contributed by atoms with Crippen LogP contribution < -0.4 is 15.4 Å². The molecule has 1 amide bonds. The standard InChI is InChI=1S/C29H30N6O2/c1-18-24(27(36)32-22-9-7-15-30-17-22)25(20-8-6-10-23(16-20)37-5)35-28(31-18)33-26(34-35)19-11-13-21(14-12-19)29(2,3)4/h6-17,25H,1-5H3,(H,32,36)(H,31,33,34). The molecule has 0 saturated heterocycles. The van der Waals surface area contributed by atoms with Crippen molar-refractivity contribution in [3.8, 4) is 17.1 Å². The molecule has 37 heavy (non-hydrogen) atoms. The number of anilines is 2. The van der Waals surface area contributed by atoms with Gasteiger partial charge in [0, 0.05) is 17.5 Å². The molecule has 0 radical (unpaired) electrons. The van der Waals surface area contributed by atoms with Gasteiger partial charge in [-0.05, 0) is 47.7 Å². The second kappa shape index (κ2) is 9.54. The number of aromatic nitrogens is 4. The number of allylic oxidation sites excluding steroid dienone is 1. The maximum absolute atomic E-state index is 13.6. The van der Waals surface area contributed by atoms with Gasteiger partial charge in [-0.1, -0.05) is 57.2 Å². The largest absolute Gasteiger partial charge is 0.497 e. The van der Waals surface area contributed by atoms with E-state index in [1.807, 2.05) is 43.3 Å². The molecule has 0 bridgehead atoms. The van der Waals surface area contributed by atoms with Crippen molar-refractivity contribution in [2.24, 2.45) is 0 Å². The minimum atomic E-state index is -0.516. The molecule has 188 valence electrons. The smallest absolute Gasteiger partial charge is 0.255 e. The SMILES string of the molecule is COc1cccc(C2C(C(=O)Nc3cccnc3)=C(C)Nc3nc(-c4ccc(C(C)(C)C)cc4)nn32)c1. The van der Waals surface area contributed by atoms with Gasteiger partial charge in [-0.25, -0.2) is 4.68 Å². The molecule has 8 heteroatoms. The molecule has 0 spiro atoms. The Morgan fingerprint density at radius 1 is 1.08 bits per heavy atom. The molecule has 1 aliphatic heterocycles. The Balaban J connectivity index is 1.58. The predicted molar refractivity (Wildman–Crippen MR) is 144 cm³/mol. The summed E-state index contributed by atoms with van der Waals surface area (Å²) in [6.45, 7) is 8.43. The first-order valence-corrected chi connectivity index (χ1v) is 12.1. The minimum Gasteiger partial charge on any atom is -0.497 e. The van der Waals surface area contributed by atoms with Gasteiger partial charge in [-0.2, -0.15) is 4.98 Å². The third kappa shape index (κ3) is 4.82. The van der Waals surface area contributed by atoms with E-state index in [9.17, 15) is 4.79 Å². The molecule has 1 atom stereocenters. The molecule has 2 N–H and O–H groups in total. The van der Waals surface area contributed by atoms with Gasteiger partial charge < -0.3 is 15.4 Å². The quantitative estimate of drug-likeness (QED) is 0.377. The molecule has 3 heterocycles. The van der Waals surface area contributed by atoms with E-state index >= 15 is 0 Å². The number of nitrogens with one attached hydrogen (secondary N) is 2. The highest BCUT2D eigenvalue weighted by Crippen LogP contribution is 2.38. The second-order valence-electron chi connectivity index (χ2n) is 10.1. The van der Waals surface area contributed by atoms with E-state index in [2.05, 4.69) is 48.5 Å². The van der Waals surface area contributed by atoms with Crippen molar-refractivity contribution in [1.29, 1.82) is 0 Å². The summed E-state index contributed by atoms with van der Waals surface area (Å²) in [4.78, 5) is 22.5. The number of rotatable bonds is 5. The molecule has 0 fully saturated rings. The van der Waals surface area contributed by atoms with Crippen LogP contribution in [0.2, 0.25) is 0 Å². The number of methoxy groups -OCH3 is 1. The third-order valence-corrected chi connectivity index (χ3v) is 6.44. The van der Waals surface area contributed by atoms with Crippen molar-refractivity contribution in [3.05, 3.63) is 95.5 Å². The lowest BCUT2D eigenvalue weighted by Gasteiger charge is -2.28. The molecule has 1 unspecified atom stereocenters. The van der Waals surface area contributed by atoms with E-state index in [1.54, 1.807) is 36.3 Å². The van der Waals surface area contributed by atoms with Crippen LogP contribution in [0.15, 0.2) is 84.3 Å². The number of carbonyl (C=O) groups excluding carboxylic acids is 1. The lowest BCUT2D eigenvalue weighted by Crippen LogP contribution is -2.31. The van der Waals surface area contributed by atoms with Crippen molar-refractivity contribution >= 4 is 17.5 Å². The van der Waals surface area contributed by atoms with Crippen LogP contribution in [0.3, 0.4) is 0 Å². The fraction of sp³-hybridized carbons (Fsp3) is 0.241. The number of amides is 1. The molecule has 8 nitrogen and oxygen atoms in total. The van der Waals surface area contributed by atoms with Crippen LogP contribution in [-0.4, -0.2) is 32.8 Å². The number of carbonyl (C=O) groups is 1. The van der Waals surface area contributed by atoms with Crippen molar-refractivity contribution < 1.29 is 9.53 Å². The molecule has 0 aliphatic carbocycles. The van der Waals surface area contributed by atoms with E-state index in [1.165, 1.54) is 5.56 Å². The highest BCUT2D eigenvalue weighted by molar-refractivity contribution is 6.06. The van der Waals surface area contributed by atoms with Crippen molar-refractivity contribution in [2.45, 2.75) is 39.2 Å². The Bertz CT molecular complexity index is 1470. The van der Waals surface area contributed by atoms with E-state index in [0.717, 1.165) is 11.1 Å². The van der Waals surface area contributed by atoms with Gasteiger partial charge in [-0.3, -0.25) is 9.78 Å². The number of pyridine rings is 1. The van der Waals surface area contributed by atoms with Gasteiger partial charge in [0.15, 0.2) is 5.82 Å². The summed E-state index contributed by atoms with van der Waals surface area (Å²) < 4.78 is 7.25. The first-order valence-electron chi connectivity index (χ1n) is 12.1. The summed E-state index contributed by atoms with van der Waals surface area (Å²) in [6.07, 6.45) is 3.28. The number of ether oxygens (including phenoxy) is 1. The molecule has 0 saturated carbocycles. The van der Waals surface area contributed by atoms with E-state index in [4.69, 9.17) is 14.8 Å². The topological polar surface area (TPSA) is 94.0 Å². The normalized spacial score (nSPS) is 15.1. The first-order chi connectivity index (χ1) is 17.7. The fourth-order valence-corrected chi connectivity index (χ4v) is 4.44. The zero-order chi connectivity index (χ0) is 26.2. The number of fused-ring (bicyclic) bond motifs is 1. The van der Waals surface area contributed by atoms with Crippen molar-refractivity contribution in [2.75, 3.05) is 17.7 Å². The van der Waals surface area contributed by atoms with Gasteiger partial charge in [-0.15, -0.1) is 5.10 Å². The molecular formula is C29H30N6O2. The summed E-state index contributed by atoms with van der Waals surface area (Å²) in [7, 11) is 1.62. The molecule has 2 aromatic carbocycles. The van der Waals surface area contributed by atoms with Crippen LogP contribution in [0.5, 0.6) is 5.75 Å². The van der Waals surface area contributed by atoms with Crippen LogP contribution in [0.25, 0.3) is 11.4 Å². The second-order valence-corrected chi connectivity index (χ2v) is 10.1. The van der Waals surface area contributed by atoms with Crippen LogP contribution in [-0.2, 0) is 10.2 Å². The maximum Gasteiger partial charge on any atom is 0.255 e. The fourth-order valence-electron chi connectivity index (χ4n) is 4.44. The lowest BCUT2D eigenvalue weighted by atomic mass is 9.87. The average Bonchev–Trinajstić information content (AvgIpc) is 3.31. The number of hydrogen-bond donors (Lipinski definition) is 2. The molecule has 2 aromatic heterocycles. The Labute approximate surface area is 216 Å². The predicted octanol–water partition coefficient (Wildman–Crippen LogP) is 5.57. The van der Waals surface area contributed by atoms with E-state index < -0.39 is 6.04 Å². The highest BCUT2D eigenvalue weighted by Gasteiger charge is 2.34. The Kier molecular flexibility index (Phi) is 6.25. The van der Waals surface area contributed by atoms with Crippen LogP contribution in [0.1, 0.15) is 44.9 Å². The lowest BCUT2D eigenvalue weighted by molar-refractivity contribution is -0.113. The van der Waals surface area contributed by atoms with Crippen molar-refractivity contribution in [3.63, 3.8) is 0 Å². The molecule has 1 aliphatic rings. The average molecular weight is 495 g/mol. The van der Waals surface area contributed by atoms with Crippen LogP contribution >= 0.6 is 0 Å². The van der Waals surface area contributed by atoms with Crippen molar-refractivity contribution in [1.82, 2.24) is 19.7 Å². The van der Waals surface area contributed by atoms with Crippen LogP contribution in [0, 0.1) is 0 Å². The zero-order valence-corrected chi connectivity index (χ0v) is 21.6. The number of nitrogens with zero attached hydrogens (tertiary/aromatic N) is 4. The maximum atomic E-state index is 13.6. The summed E-state index contributed by atoms with van der Waals surface area (Å²) in [5.74, 6) is 1.60. The number of benzene rings is 2. The molecule has 5 rings (SSSR count). The number of hydrogen-bond acceptors (Lipinski definition) is 6. The summed E-state index contributed by atoms with van der Waals surface area (Å²) in [5, 5.41) is 11.1. The summed E-state index contributed by atoms with van der Waals surface area (Å²) >= 11 is 0. The minimum absolute atomic E-state index is 0.0516. The monoisotopic (exact) mass is 494 g/mol. The van der Waals surface area contributed by atoms with Gasteiger partial charge in [0.2, 0.25) is 5.95 Å².